The van der Waals surface area contributed by atoms with Crippen molar-refractivity contribution in [2.45, 2.75) is 19.4 Å². The second-order valence-electron chi connectivity index (χ2n) is 5.12. The van der Waals surface area contributed by atoms with Gasteiger partial charge in [0, 0.05) is 10.2 Å². The van der Waals surface area contributed by atoms with Crippen molar-refractivity contribution in [2.75, 3.05) is 12.4 Å². The first kappa shape index (κ1) is 18.0. The molecule has 5 nitrogen and oxygen atoms in total. The molecule has 0 aliphatic heterocycles. The summed E-state index contributed by atoms with van der Waals surface area (Å²) in [5, 5.41) is 7.21. The van der Waals surface area contributed by atoms with Crippen molar-refractivity contribution in [3.8, 4) is 5.75 Å². The SMILES string of the molecule is CCC(Nc1ccc(Br)cc1)C(=O)N/N=C/c1cccc(OC)c1. The smallest absolute Gasteiger partial charge is 0.262 e. The van der Waals surface area contributed by atoms with E-state index in [0.29, 0.717) is 6.42 Å². The van der Waals surface area contributed by atoms with E-state index in [0.717, 1.165) is 21.5 Å². The molecule has 2 N–H and O–H groups in total. The number of amides is 1. The number of anilines is 1. The van der Waals surface area contributed by atoms with E-state index < -0.39 is 0 Å². The fourth-order valence-electron chi connectivity index (χ4n) is 2.07. The van der Waals surface area contributed by atoms with Gasteiger partial charge in [-0.15, -0.1) is 0 Å². The summed E-state index contributed by atoms with van der Waals surface area (Å²) < 4.78 is 6.14. The van der Waals surface area contributed by atoms with E-state index in [1.165, 1.54) is 0 Å². The summed E-state index contributed by atoms with van der Waals surface area (Å²) >= 11 is 3.39. The van der Waals surface area contributed by atoms with Gasteiger partial charge in [-0.1, -0.05) is 35.0 Å². The average Bonchev–Trinajstić information content (AvgIpc) is 2.61. The zero-order valence-electron chi connectivity index (χ0n) is 13.6. The van der Waals surface area contributed by atoms with Crippen molar-refractivity contribution in [3.05, 3.63) is 58.6 Å². The highest BCUT2D eigenvalue weighted by Crippen LogP contribution is 2.15. The van der Waals surface area contributed by atoms with Crippen LogP contribution in [0.1, 0.15) is 18.9 Å². The molecule has 0 aromatic heterocycles. The van der Waals surface area contributed by atoms with Crippen LogP contribution in [0.4, 0.5) is 5.69 Å². The lowest BCUT2D eigenvalue weighted by atomic mass is 10.2. The lowest BCUT2D eigenvalue weighted by Gasteiger charge is -2.16. The van der Waals surface area contributed by atoms with E-state index in [4.69, 9.17) is 4.74 Å². The fraction of sp³-hybridized carbons (Fsp3) is 0.222. The third-order valence-corrected chi connectivity index (χ3v) is 3.92. The lowest BCUT2D eigenvalue weighted by Crippen LogP contribution is -2.36. The minimum absolute atomic E-state index is 0.181. The number of rotatable bonds is 7. The molecule has 0 fully saturated rings. The lowest BCUT2D eigenvalue weighted by molar-refractivity contribution is -0.121. The van der Waals surface area contributed by atoms with Gasteiger partial charge in [-0.25, -0.2) is 5.43 Å². The number of hydrogen-bond acceptors (Lipinski definition) is 4. The van der Waals surface area contributed by atoms with Gasteiger partial charge in [-0.3, -0.25) is 4.79 Å². The molecule has 24 heavy (non-hydrogen) atoms. The number of halogens is 1. The molecule has 6 heteroatoms. The Kier molecular flexibility index (Phi) is 6.81. The number of benzene rings is 2. The Bertz CT molecular complexity index is 702. The van der Waals surface area contributed by atoms with Crippen LogP contribution < -0.4 is 15.5 Å². The van der Waals surface area contributed by atoms with E-state index in [2.05, 4.69) is 31.8 Å². The monoisotopic (exact) mass is 389 g/mol. The first-order valence-electron chi connectivity index (χ1n) is 7.61. The van der Waals surface area contributed by atoms with Gasteiger partial charge in [0.05, 0.1) is 13.3 Å². The number of carbonyl (C=O) groups is 1. The highest BCUT2D eigenvalue weighted by Gasteiger charge is 2.15. The number of hydrazone groups is 1. The molecule has 2 aromatic rings. The summed E-state index contributed by atoms with van der Waals surface area (Å²) in [6.07, 6.45) is 2.24. The molecule has 0 heterocycles. The Hall–Kier alpha value is -2.34. The van der Waals surface area contributed by atoms with E-state index >= 15 is 0 Å². The Labute approximate surface area is 150 Å². The van der Waals surface area contributed by atoms with E-state index in [1.54, 1.807) is 13.3 Å². The molecule has 2 aromatic carbocycles. The Morgan fingerprint density at radius 1 is 1.29 bits per heavy atom. The minimum atomic E-state index is -0.353. The van der Waals surface area contributed by atoms with Crippen molar-refractivity contribution in [3.63, 3.8) is 0 Å². The summed E-state index contributed by atoms with van der Waals surface area (Å²) in [6.45, 7) is 1.95. The van der Waals surface area contributed by atoms with Crippen LogP contribution in [0.5, 0.6) is 5.75 Å². The van der Waals surface area contributed by atoms with Gasteiger partial charge >= 0.3 is 0 Å². The quantitative estimate of drug-likeness (QED) is 0.559. The maximum absolute atomic E-state index is 12.2. The molecule has 0 radical (unpaired) electrons. The van der Waals surface area contributed by atoms with Crippen molar-refractivity contribution >= 4 is 33.7 Å². The van der Waals surface area contributed by atoms with Crippen molar-refractivity contribution < 1.29 is 9.53 Å². The van der Waals surface area contributed by atoms with Gasteiger partial charge in [0.15, 0.2) is 0 Å². The standard InChI is InChI=1S/C18H20BrN3O2/c1-3-17(21-15-9-7-14(19)8-10-15)18(23)22-20-12-13-5-4-6-16(11-13)24-2/h4-12,17,21H,3H2,1-2H3,(H,22,23)/b20-12+. The molecule has 0 aliphatic rings. The molecule has 126 valence electrons. The summed E-state index contributed by atoms with van der Waals surface area (Å²) in [5.74, 6) is 0.563. The van der Waals surface area contributed by atoms with Crippen LogP contribution in [0.25, 0.3) is 0 Å². The second-order valence-corrected chi connectivity index (χ2v) is 6.04. The molecule has 2 rings (SSSR count). The van der Waals surface area contributed by atoms with Crippen LogP contribution in [0.3, 0.4) is 0 Å². The molecule has 0 saturated heterocycles. The van der Waals surface area contributed by atoms with Crippen LogP contribution in [0.2, 0.25) is 0 Å². The number of ether oxygens (including phenoxy) is 1. The van der Waals surface area contributed by atoms with Crippen LogP contribution >= 0.6 is 15.9 Å². The first-order valence-corrected chi connectivity index (χ1v) is 8.40. The molecule has 1 atom stereocenters. The second kappa shape index (κ2) is 9.08. The van der Waals surface area contributed by atoms with Crippen molar-refractivity contribution in [2.24, 2.45) is 5.10 Å². The zero-order chi connectivity index (χ0) is 17.4. The number of methoxy groups -OCH3 is 1. The molecular formula is C18H20BrN3O2. The number of nitrogens with one attached hydrogen (secondary N) is 2. The normalized spacial score (nSPS) is 12.0. The van der Waals surface area contributed by atoms with Crippen LogP contribution in [0, 0.1) is 0 Å². The third kappa shape index (κ3) is 5.38. The molecule has 0 spiro atoms. The predicted octanol–water partition coefficient (Wildman–Crippen LogP) is 3.80. The molecule has 0 aliphatic carbocycles. The van der Waals surface area contributed by atoms with Gasteiger partial charge < -0.3 is 10.1 Å². The van der Waals surface area contributed by atoms with Gasteiger partial charge in [0.25, 0.3) is 5.91 Å². The topological polar surface area (TPSA) is 62.7 Å². The fourth-order valence-corrected chi connectivity index (χ4v) is 2.33. The van der Waals surface area contributed by atoms with E-state index in [1.807, 2.05) is 55.5 Å². The maximum Gasteiger partial charge on any atom is 0.262 e. The molecule has 1 unspecified atom stereocenters. The van der Waals surface area contributed by atoms with Crippen molar-refractivity contribution in [1.82, 2.24) is 5.43 Å². The van der Waals surface area contributed by atoms with Crippen LogP contribution in [-0.2, 0) is 4.79 Å². The van der Waals surface area contributed by atoms with Crippen LogP contribution in [0.15, 0.2) is 58.1 Å². The zero-order valence-corrected chi connectivity index (χ0v) is 15.2. The summed E-state index contributed by atoms with van der Waals surface area (Å²) in [6, 6.07) is 14.8. The predicted molar refractivity (Wildman–Crippen MR) is 101 cm³/mol. The molecular weight excluding hydrogens is 370 g/mol. The number of nitrogens with zero attached hydrogens (tertiary/aromatic N) is 1. The Balaban J connectivity index is 1.93. The van der Waals surface area contributed by atoms with Crippen molar-refractivity contribution in [1.29, 1.82) is 0 Å². The van der Waals surface area contributed by atoms with Gasteiger partial charge in [0.2, 0.25) is 0 Å². The average molecular weight is 390 g/mol. The summed E-state index contributed by atoms with van der Waals surface area (Å²) in [5.41, 5.74) is 4.31. The highest BCUT2D eigenvalue weighted by molar-refractivity contribution is 9.10. The Morgan fingerprint density at radius 2 is 2.04 bits per heavy atom. The van der Waals surface area contributed by atoms with Gasteiger partial charge in [0.1, 0.15) is 11.8 Å². The largest absolute Gasteiger partial charge is 0.497 e. The number of carbonyl (C=O) groups excluding carboxylic acids is 1. The molecule has 0 bridgehead atoms. The van der Waals surface area contributed by atoms with E-state index in [-0.39, 0.29) is 11.9 Å². The summed E-state index contributed by atoms with van der Waals surface area (Å²) in [4.78, 5) is 12.2. The first-order chi connectivity index (χ1) is 11.6. The maximum atomic E-state index is 12.2. The van der Waals surface area contributed by atoms with Gasteiger partial charge in [-0.05, 0) is 48.4 Å². The molecule has 1 amide bonds. The highest BCUT2D eigenvalue weighted by atomic mass is 79.9. The number of hydrogen-bond donors (Lipinski definition) is 2. The Morgan fingerprint density at radius 3 is 2.71 bits per heavy atom. The van der Waals surface area contributed by atoms with Crippen LogP contribution in [-0.4, -0.2) is 25.3 Å². The third-order valence-electron chi connectivity index (χ3n) is 3.39. The molecule has 0 saturated carbocycles. The minimum Gasteiger partial charge on any atom is -0.497 e. The van der Waals surface area contributed by atoms with Gasteiger partial charge in [-0.2, -0.15) is 5.10 Å². The van der Waals surface area contributed by atoms with E-state index in [9.17, 15) is 4.79 Å². The summed E-state index contributed by atoms with van der Waals surface area (Å²) in [7, 11) is 1.61.